The van der Waals surface area contributed by atoms with Crippen LogP contribution >= 0.6 is 11.6 Å². The number of hydrogen-bond donors (Lipinski definition) is 1. The van der Waals surface area contributed by atoms with Gasteiger partial charge >= 0.3 is 5.97 Å². The second-order valence-electron chi connectivity index (χ2n) is 3.31. The lowest BCUT2D eigenvalue weighted by atomic mass is 10.2. The molecular formula is C11H13ClO4. The summed E-state index contributed by atoms with van der Waals surface area (Å²) in [5.74, 6) is -0.565. The predicted molar refractivity (Wildman–Crippen MR) is 60.1 cm³/mol. The smallest absolute Gasteiger partial charge is 0.347 e. The summed E-state index contributed by atoms with van der Waals surface area (Å²) < 4.78 is 10.1. The molecule has 0 amide bonds. The van der Waals surface area contributed by atoms with E-state index in [2.05, 4.69) is 0 Å². The topological polar surface area (TPSA) is 55.8 Å². The van der Waals surface area contributed by atoms with Crippen molar-refractivity contribution < 1.29 is 19.4 Å². The van der Waals surface area contributed by atoms with E-state index in [0.29, 0.717) is 10.8 Å². The summed E-state index contributed by atoms with van der Waals surface area (Å²) in [6.07, 6.45) is -1.01. The van der Waals surface area contributed by atoms with Crippen molar-refractivity contribution in [1.82, 2.24) is 0 Å². The highest BCUT2D eigenvalue weighted by Gasteiger charge is 2.19. The highest BCUT2D eigenvalue weighted by Crippen LogP contribution is 2.22. The van der Waals surface area contributed by atoms with Gasteiger partial charge in [-0.1, -0.05) is 11.6 Å². The number of rotatable bonds is 5. The van der Waals surface area contributed by atoms with Crippen LogP contribution in [0.15, 0.2) is 18.2 Å². The van der Waals surface area contributed by atoms with Crippen LogP contribution in [-0.4, -0.2) is 30.9 Å². The second kappa shape index (κ2) is 5.72. The highest BCUT2D eigenvalue weighted by atomic mass is 35.5. The van der Waals surface area contributed by atoms with E-state index in [1.807, 2.05) is 0 Å². The monoisotopic (exact) mass is 244 g/mol. The molecule has 0 aliphatic heterocycles. The minimum absolute atomic E-state index is 0.00258. The summed E-state index contributed by atoms with van der Waals surface area (Å²) in [5, 5.41) is 9.47. The molecule has 1 rings (SSSR count). The van der Waals surface area contributed by atoms with Gasteiger partial charge in [0, 0.05) is 12.1 Å². The standard InChI is InChI=1S/C11H13ClO4/c1-7-5-8(12)3-4-9(7)16-10(6-15-2)11(13)14/h3-5,10H,6H2,1-2H3,(H,13,14). The van der Waals surface area contributed by atoms with Gasteiger partial charge in [-0.05, 0) is 30.7 Å². The Balaban J connectivity index is 2.81. The number of carbonyl (C=O) groups is 1. The van der Waals surface area contributed by atoms with Crippen molar-refractivity contribution in [1.29, 1.82) is 0 Å². The van der Waals surface area contributed by atoms with Crippen molar-refractivity contribution in [2.45, 2.75) is 13.0 Å². The molecule has 1 N–H and O–H groups in total. The predicted octanol–water partition coefficient (Wildman–Crippen LogP) is 2.13. The summed E-state index contributed by atoms with van der Waals surface area (Å²) in [6.45, 7) is 1.80. The Morgan fingerprint density at radius 1 is 1.56 bits per heavy atom. The first-order valence-corrected chi connectivity index (χ1v) is 5.07. The first-order valence-electron chi connectivity index (χ1n) is 4.69. The van der Waals surface area contributed by atoms with Crippen LogP contribution in [0.3, 0.4) is 0 Å². The van der Waals surface area contributed by atoms with Crippen LogP contribution in [0.2, 0.25) is 5.02 Å². The molecule has 1 unspecified atom stereocenters. The third kappa shape index (κ3) is 3.40. The number of carboxylic acids is 1. The molecule has 0 bridgehead atoms. The van der Waals surface area contributed by atoms with Gasteiger partial charge in [0.2, 0.25) is 6.10 Å². The molecule has 0 heterocycles. The Bertz CT molecular complexity index is 378. The fourth-order valence-corrected chi connectivity index (χ4v) is 1.43. The number of carboxylic acid groups (broad SMARTS) is 1. The molecule has 0 aromatic heterocycles. The number of benzene rings is 1. The van der Waals surface area contributed by atoms with Crippen LogP contribution in [0.25, 0.3) is 0 Å². The molecular weight excluding hydrogens is 232 g/mol. The van der Waals surface area contributed by atoms with E-state index < -0.39 is 12.1 Å². The zero-order chi connectivity index (χ0) is 12.1. The van der Waals surface area contributed by atoms with Crippen LogP contribution in [0.5, 0.6) is 5.75 Å². The van der Waals surface area contributed by atoms with Gasteiger partial charge < -0.3 is 14.6 Å². The van der Waals surface area contributed by atoms with Crippen LogP contribution < -0.4 is 4.74 Å². The van der Waals surface area contributed by atoms with Crippen LogP contribution in [0, 0.1) is 6.92 Å². The Labute approximate surface area is 98.7 Å². The summed E-state index contributed by atoms with van der Waals surface area (Å²) in [4.78, 5) is 10.8. The summed E-state index contributed by atoms with van der Waals surface area (Å²) in [7, 11) is 1.42. The van der Waals surface area contributed by atoms with Crippen molar-refractivity contribution >= 4 is 17.6 Å². The lowest BCUT2D eigenvalue weighted by molar-refractivity contribution is -0.147. The molecule has 0 saturated carbocycles. The number of methoxy groups -OCH3 is 1. The first kappa shape index (κ1) is 12.8. The molecule has 0 radical (unpaired) electrons. The Kier molecular flexibility index (Phi) is 4.58. The van der Waals surface area contributed by atoms with E-state index in [-0.39, 0.29) is 6.61 Å². The number of halogens is 1. The van der Waals surface area contributed by atoms with Crippen molar-refractivity contribution in [3.63, 3.8) is 0 Å². The van der Waals surface area contributed by atoms with Gasteiger partial charge in [0.1, 0.15) is 5.75 Å². The number of ether oxygens (including phenoxy) is 2. The van der Waals surface area contributed by atoms with Crippen LogP contribution in [-0.2, 0) is 9.53 Å². The van der Waals surface area contributed by atoms with E-state index in [1.165, 1.54) is 7.11 Å². The number of aryl methyl sites for hydroxylation is 1. The van der Waals surface area contributed by atoms with E-state index in [9.17, 15) is 4.79 Å². The minimum atomic E-state index is -1.06. The lowest BCUT2D eigenvalue weighted by Crippen LogP contribution is -2.31. The molecule has 88 valence electrons. The SMILES string of the molecule is COCC(Oc1ccc(Cl)cc1C)C(=O)O. The molecule has 16 heavy (non-hydrogen) atoms. The first-order chi connectivity index (χ1) is 7.54. The summed E-state index contributed by atoms with van der Waals surface area (Å²) in [6, 6.07) is 5.00. The van der Waals surface area contributed by atoms with E-state index in [1.54, 1.807) is 25.1 Å². The highest BCUT2D eigenvalue weighted by molar-refractivity contribution is 6.30. The molecule has 0 aliphatic rings. The van der Waals surface area contributed by atoms with Gasteiger partial charge in [0.15, 0.2) is 0 Å². The Morgan fingerprint density at radius 2 is 2.25 bits per heavy atom. The zero-order valence-corrected chi connectivity index (χ0v) is 9.82. The average Bonchev–Trinajstić information content (AvgIpc) is 2.20. The Hall–Kier alpha value is -1.26. The van der Waals surface area contributed by atoms with Gasteiger partial charge in [0.05, 0.1) is 6.61 Å². The van der Waals surface area contributed by atoms with Crippen molar-refractivity contribution in [3.05, 3.63) is 28.8 Å². The third-order valence-corrected chi connectivity index (χ3v) is 2.23. The van der Waals surface area contributed by atoms with Gasteiger partial charge in [-0.15, -0.1) is 0 Å². The van der Waals surface area contributed by atoms with E-state index >= 15 is 0 Å². The van der Waals surface area contributed by atoms with Crippen molar-refractivity contribution in [3.8, 4) is 5.75 Å². The van der Waals surface area contributed by atoms with Crippen molar-refractivity contribution in [2.24, 2.45) is 0 Å². The second-order valence-corrected chi connectivity index (χ2v) is 3.75. The third-order valence-electron chi connectivity index (χ3n) is 2.00. The summed E-state index contributed by atoms with van der Waals surface area (Å²) in [5.41, 5.74) is 0.787. The molecule has 1 aromatic rings. The molecule has 0 saturated heterocycles. The summed E-state index contributed by atoms with van der Waals surface area (Å²) >= 11 is 5.78. The van der Waals surface area contributed by atoms with Gasteiger partial charge in [-0.25, -0.2) is 4.79 Å². The largest absolute Gasteiger partial charge is 0.478 e. The maximum absolute atomic E-state index is 10.8. The van der Waals surface area contributed by atoms with Gasteiger partial charge in [-0.2, -0.15) is 0 Å². The van der Waals surface area contributed by atoms with E-state index in [4.69, 9.17) is 26.2 Å². The number of aliphatic carboxylic acids is 1. The van der Waals surface area contributed by atoms with Crippen molar-refractivity contribution in [2.75, 3.05) is 13.7 Å². The van der Waals surface area contributed by atoms with Crippen LogP contribution in [0.4, 0.5) is 0 Å². The molecule has 4 nitrogen and oxygen atoms in total. The number of hydrogen-bond acceptors (Lipinski definition) is 3. The molecule has 1 aromatic carbocycles. The van der Waals surface area contributed by atoms with Gasteiger partial charge in [0.25, 0.3) is 0 Å². The fourth-order valence-electron chi connectivity index (χ4n) is 1.21. The quantitative estimate of drug-likeness (QED) is 0.862. The van der Waals surface area contributed by atoms with E-state index in [0.717, 1.165) is 5.56 Å². The Morgan fingerprint density at radius 3 is 2.75 bits per heavy atom. The molecule has 5 heteroatoms. The molecule has 0 fully saturated rings. The molecule has 0 aliphatic carbocycles. The maximum Gasteiger partial charge on any atom is 0.347 e. The van der Waals surface area contributed by atoms with Gasteiger partial charge in [-0.3, -0.25) is 0 Å². The maximum atomic E-state index is 10.8. The fraction of sp³-hybridized carbons (Fsp3) is 0.364. The average molecular weight is 245 g/mol. The molecule has 0 spiro atoms. The lowest BCUT2D eigenvalue weighted by Gasteiger charge is -2.15. The molecule has 1 atom stereocenters. The zero-order valence-electron chi connectivity index (χ0n) is 9.07. The minimum Gasteiger partial charge on any atom is -0.478 e. The van der Waals surface area contributed by atoms with Crippen LogP contribution in [0.1, 0.15) is 5.56 Å². The normalized spacial score (nSPS) is 12.2.